The molecule has 1 atom stereocenters. The van der Waals surface area contributed by atoms with Crippen LogP contribution in [0.15, 0.2) is 22.7 Å². The van der Waals surface area contributed by atoms with Gasteiger partial charge in [0.1, 0.15) is 5.54 Å². The Morgan fingerprint density at radius 1 is 1.53 bits per heavy atom. The number of esters is 1. The van der Waals surface area contributed by atoms with Crippen molar-refractivity contribution >= 4 is 27.6 Å². The van der Waals surface area contributed by atoms with Crippen LogP contribution in [0.25, 0.3) is 0 Å². The van der Waals surface area contributed by atoms with Crippen LogP contribution in [0.4, 0.5) is 5.69 Å². The van der Waals surface area contributed by atoms with Gasteiger partial charge in [-0.25, -0.2) is 4.79 Å². The molecule has 0 radical (unpaired) electrons. The molecule has 0 spiro atoms. The molecular weight excluding hydrogens is 260 g/mol. The van der Waals surface area contributed by atoms with Gasteiger partial charge in [0.05, 0.1) is 7.11 Å². The van der Waals surface area contributed by atoms with Gasteiger partial charge in [-0.3, -0.25) is 0 Å². The van der Waals surface area contributed by atoms with Gasteiger partial charge in [-0.2, -0.15) is 0 Å². The van der Waals surface area contributed by atoms with Gasteiger partial charge < -0.3 is 16.2 Å². The molecule has 1 aromatic carbocycles. The predicted octanol–water partition coefficient (Wildman–Crippen LogP) is 1.38. The van der Waals surface area contributed by atoms with E-state index in [-0.39, 0.29) is 0 Å². The molecule has 1 rings (SSSR count). The Morgan fingerprint density at radius 3 is 2.67 bits per heavy atom. The van der Waals surface area contributed by atoms with Crippen LogP contribution >= 0.6 is 15.9 Å². The van der Waals surface area contributed by atoms with E-state index < -0.39 is 11.5 Å². The van der Waals surface area contributed by atoms with Crippen LogP contribution < -0.4 is 11.5 Å². The molecule has 0 saturated heterocycles. The van der Waals surface area contributed by atoms with Crippen LogP contribution in [0.5, 0.6) is 0 Å². The number of nitrogen functional groups attached to an aromatic ring is 1. The van der Waals surface area contributed by atoms with Gasteiger partial charge >= 0.3 is 5.97 Å². The minimum atomic E-state index is -1.23. The maximum Gasteiger partial charge on any atom is 0.330 e. The number of carbonyl (C=O) groups excluding carboxylic acids is 1. The van der Waals surface area contributed by atoms with Gasteiger partial charge in [0.15, 0.2) is 0 Å². The van der Waals surface area contributed by atoms with E-state index in [4.69, 9.17) is 11.5 Å². The van der Waals surface area contributed by atoms with E-state index in [2.05, 4.69) is 20.7 Å². The van der Waals surface area contributed by atoms with Crippen molar-refractivity contribution in [3.8, 4) is 0 Å². The molecule has 0 fully saturated rings. The van der Waals surface area contributed by atoms with Crippen LogP contribution in [0, 0.1) is 0 Å². The van der Waals surface area contributed by atoms with E-state index in [1.165, 1.54) is 7.11 Å². The summed E-state index contributed by atoms with van der Waals surface area (Å²) in [4.78, 5) is 11.5. The second kappa shape index (κ2) is 4.20. The van der Waals surface area contributed by atoms with E-state index in [1.54, 1.807) is 25.1 Å². The SMILES string of the molecule is COC(=O)[C@@](C)(N)c1cc(Br)ccc1N. The number of carbonyl (C=O) groups is 1. The van der Waals surface area contributed by atoms with Gasteiger partial charge in [0.2, 0.25) is 0 Å². The standard InChI is InChI=1S/C10H13BrN2O2/c1-10(13,9(14)15-2)7-5-6(11)3-4-8(7)12/h3-5H,12-13H2,1-2H3/t10-/m0/s1. The monoisotopic (exact) mass is 272 g/mol. The Hall–Kier alpha value is -1.07. The number of halogens is 1. The van der Waals surface area contributed by atoms with Crippen LogP contribution in [0.2, 0.25) is 0 Å². The summed E-state index contributed by atoms with van der Waals surface area (Å²) >= 11 is 3.30. The molecule has 4 N–H and O–H groups in total. The van der Waals surface area contributed by atoms with Crippen molar-refractivity contribution in [3.63, 3.8) is 0 Å². The van der Waals surface area contributed by atoms with Gasteiger partial charge in [0.25, 0.3) is 0 Å². The molecule has 5 heteroatoms. The molecule has 0 heterocycles. The lowest BCUT2D eigenvalue weighted by molar-refractivity contribution is -0.146. The fourth-order valence-electron chi connectivity index (χ4n) is 1.30. The molecule has 0 unspecified atom stereocenters. The summed E-state index contributed by atoms with van der Waals surface area (Å²) in [5.41, 5.74) is 11.4. The largest absolute Gasteiger partial charge is 0.467 e. The van der Waals surface area contributed by atoms with Crippen molar-refractivity contribution in [1.29, 1.82) is 0 Å². The van der Waals surface area contributed by atoms with E-state index in [0.717, 1.165) is 4.47 Å². The zero-order chi connectivity index (χ0) is 11.6. The van der Waals surface area contributed by atoms with Crippen LogP contribution in [0.3, 0.4) is 0 Å². The third kappa shape index (κ3) is 2.30. The Labute approximate surface area is 96.7 Å². The summed E-state index contributed by atoms with van der Waals surface area (Å²) in [6.45, 7) is 1.57. The van der Waals surface area contributed by atoms with Gasteiger partial charge in [-0.1, -0.05) is 15.9 Å². The number of rotatable bonds is 2. The minimum absolute atomic E-state index is 0.466. The molecule has 15 heavy (non-hydrogen) atoms. The summed E-state index contributed by atoms with van der Waals surface area (Å²) < 4.78 is 5.44. The van der Waals surface area contributed by atoms with Crippen molar-refractivity contribution in [2.75, 3.05) is 12.8 Å². The van der Waals surface area contributed by atoms with E-state index in [0.29, 0.717) is 11.3 Å². The zero-order valence-electron chi connectivity index (χ0n) is 8.58. The Kier molecular flexibility index (Phi) is 3.36. The molecule has 1 aromatic rings. The zero-order valence-corrected chi connectivity index (χ0v) is 10.2. The number of benzene rings is 1. The van der Waals surface area contributed by atoms with E-state index in [9.17, 15) is 4.79 Å². The molecule has 0 aliphatic rings. The second-order valence-corrected chi connectivity index (χ2v) is 4.34. The third-order valence-corrected chi connectivity index (χ3v) is 2.68. The first-order chi connectivity index (χ1) is 6.89. The first kappa shape index (κ1) is 12.0. The van der Waals surface area contributed by atoms with E-state index >= 15 is 0 Å². The smallest absolute Gasteiger partial charge is 0.330 e. The first-order valence-electron chi connectivity index (χ1n) is 4.32. The summed E-state index contributed by atoms with van der Waals surface area (Å²) in [6, 6.07) is 5.19. The maximum atomic E-state index is 11.5. The maximum absolute atomic E-state index is 11.5. The van der Waals surface area contributed by atoms with Gasteiger partial charge in [0, 0.05) is 15.7 Å². The molecule has 82 valence electrons. The summed E-state index contributed by atoms with van der Waals surface area (Å²) in [7, 11) is 1.29. The van der Waals surface area contributed by atoms with E-state index in [1.807, 2.05) is 0 Å². The highest BCUT2D eigenvalue weighted by atomic mass is 79.9. The predicted molar refractivity (Wildman–Crippen MR) is 62.1 cm³/mol. The highest BCUT2D eigenvalue weighted by molar-refractivity contribution is 9.10. The Bertz CT molecular complexity index is 391. The lowest BCUT2D eigenvalue weighted by atomic mass is 9.92. The number of ether oxygens (including phenoxy) is 1. The number of hydrogen-bond donors (Lipinski definition) is 2. The van der Waals surface area contributed by atoms with Gasteiger partial charge in [-0.05, 0) is 25.1 Å². The minimum Gasteiger partial charge on any atom is -0.467 e. The molecule has 0 aliphatic heterocycles. The van der Waals surface area contributed by atoms with Crippen molar-refractivity contribution in [3.05, 3.63) is 28.2 Å². The lowest BCUT2D eigenvalue weighted by Crippen LogP contribution is -2.43. The number of hydrogen-bond acceptors (Lipinski definition) is 4. The summed E-state index contributed by atoms with van der Waals surface area (Å²) in [6.07, 6.45) is 0. The summed E-state index contributed by atoms with van der Waals surface area (Å²) in [5.74, 6) is -0.521. The van der Waals surface area contributed by atoms with Crippen LogP contribution in [0.1, 0.15) is 12.5 Å². The molecular formula is C10H13BrN2O2. The number of nitrogens with two attached hydrogens (primary N) is 2. The Morgan fingerprint density at radius 2 is 2.13 bits per heavy atom. The quantitative estimate of drug-likeness (QED) is 0.630. The molecule has 0 aromatic heterocycles. The van der Waals surface area contributed by atoms with Crippen molar-refractivity contribution in [1.82, 2.24) is 0 Å². The molecule has 0 saturated carbocycles. The molecule has 4 nitrogen and oxygen atoms in total. The average Bonchev–Trinajstić information content (AvgIpc) is 2.20. The van der Waals surface area contributed by atoms with Crippen LogP contribution in [-0.2, 0) is 15.1 Å². The van der Waals surface area contributed by atoms with Crippen molar-refractivity contribution < 1.29 is 9.53 Å². The molecule has 0 aliphatic carbocycles. The van der Waals surface area contributed by atoms with Crippen LogP contribution in [-0.4, -0.2) is 13.1 Å². The van der Waals surface area contributed by atoms with Crippen molar-refractivity contribution in [2.45, 2.75) is 12.5 Å². The third-order valence-electron chi connectivity index (χ3n) is 2.18. The van der Waals surface area contributed by atoms with Crippen molar-refractivity contribution in [2.24, 2.45) is 5.73 Å². The highest BCUT2D eigenvalue weighted by Crippen LogP contribution is 2.28. The second-order valence-electron chi connectivity index (χ2n) is 3.43. The fourth-order valence-corrected chi connectivity index (χ4v) is 1.66. The summed E-state index contributed by atoms with van der Waals surface area (Å²) in [5, 5.41) is 0. The molecule has 0 amide bonds. The number of anilines is 1. The Balaban J connectivity index is 3.25. The molecule has 0 bridgehead atoms. The fraction of sp³-hybridized carbons (Fsp3) is 0.300. The highest BCUT2D eigenvalue weighted by Gasteiger charge is 2.33. The van der Waals surface area contributed by atoms with Gasteiger partial charge in [-0.15, -0.1) is 0 Å². The normalized spacial score (nSPS) is 14.4. The lowest BCUT2D eigenvalue weighted by Gasteiger charge is -2.23. The average molecular weight is 273 g/mol. The first-order valence-corrected chi connectivity index (χ1v) is 5.11. The number of methoxy groups -OCH3 is 1. The topological polar surface area (TPSA) is 78.3 Å².